The van der Waals surface area contributed by atoms with Gasteiger partial charge in [0, 0.05) is 23.5 Å². The summed E-state index contributed by atoms with van der Waals surface area (Å²) in [5, 5.41) is 13.0. The van der Waals surface area contributed by atoms with Gasteiger partial charge in [0.1, 0.15) is 11.5 Å². The minimum atomic E-state index is -1.23. The highest BCUT2D eigenvalue weighted by Crippen LogP contribution is 2.23. The van der Waals surface area contributed by atoms with Crippen LogP contribution < -0.4 is 14.6 Å². The lowest BCUT2D eigenvalue weighted by molar-refractivity contribution is -0.304. The van der Waals surface area contributed by atoms with Gasteiger partial charge in [-0.3, -0.25) is 4.79 Å². The zero-order valence-electron chi connectivity index (χ0n) is 15.6. The highest BCUT2D eigenvalue weighted by atomic mass is 16.5. The number of ketones is 1. The van der Waals surface area contributed by atoms with Crippen LogP contribution >= 0.6 is 0 Å². The molecule has 0 fully saturated rings. The maximum Gasteiger partial charge on any atom is 0.185 e. The number of carboxylic acid groups (broad SMARTS) is 1. The Morgan fingerprint density at radius 1 is 0.929 bits per heavy atom. The number of methoxy groups -OCH3 is 2. The van der Waals surface area contributed by atoms with Gasteiger partial charge in [-0.05, 0) is 58.8 Å². The molecule has 0 amide bonds. The summed E-state index contributed by atoms with van der Waals surface area (Å²) in [6.45, 7) is 0. The van der Waals surface area contributed by atoms with Crippen molar-refractivity contribution in [2.75, 3.05) is 14.2 Å². The number of carbonyl (C=O) groups is 2. The topological polar surface area (TPSA) is 75.7 Å². The van der Waals surface area contributed by atoms with Crippen LogP contribution in [0.25, 0.3) is 16.8 Å². The molecule has 0 N–H and O–H groups in total. The lowest BCUT2D eigenvalue weighted by Gasteiger charge is -2.10. The molecule has 0 saturated carbocycles. The number of ether oxygens (including phenoxy) is 2. The van der Waals surface area contributed by atoms with Crippen molar-refractivity contribution < 1.29 is 24.2 Å². The van der Waals surface area contributed by atoms with Crippen LogP contribution in [0.4, 0.5) is 0 Å². The van der Waals surface area contributed by atoms with Gasteiger partial charge in [0.05, 0.1) is 14.2 Å². The summed E-state index contributed by atoms with van der Waals surface area (Å²) in [4.78, 5) is 23.4. The molecule has 0 atom stereocenters. The molecule has 3 rings (SSSR count). The molecule has 0 aromatic heterocycles. The molecule has 28 heavy (non-hydrogen) atoms. The second kappa shape index (κ2) is 8.39. The highest BCUT2D eigenvalue weighted by Gasteiger charge is 2.09. The molecule has 0 radical (unpaired) electrons. The van der Waals surface area contributed by atoms with Gasteiger partial charge in [-0.25, -0.2) is 0 Å². The molecule has 3 aromatic rings. The average Bonchev–Trinajstić information content (AvgIpc) is 2.70. The summed E-state index contributed by atoms with van der Waals surface area (Å²) < 4.78 is 10.4. The first-order valence-corrected chi connectivity index (χ1v) is 8.67. The van der Waals surface area contributed by atoms with Gasteiger partial charge in [0.25, 0.3) is 0 Å². The Bertz CT molecular complexity index is 1070. The molecule has 0 heterocycles. The number of hydrogen-bond acceptors (Lipinski definition) is 5. The largest absolute Gasteiger partial charge is 0.550 e. The SMILES string of the molecule is COc1ccc2cc(/C=C/C(=O)c3ccc(OC)c(CC(=O)[O-])c3)ccc2c1. The molecule has 0 aliphatic carbocycles. The van der Waals surface area contributed by atoms with Gasteiger partial charge in [0.15, 0.2) is 5.78 Å². The number of benzene rings is 3. The maximum atomic E-state index is 12.5. The number of aliphatic carboxylic acids is 1. The van der Waals surface area contributed by atoms with Crippen LogP contribution in [0.15, 0.2) is 60.7 Å². The van der Waals surface area contributed by atoms with Crippen molar-refractivity contribution in [3.8, 4) is 11.5 Å². The summed E-state index contributed by atoms with van der Waals surface area (Å²) >= 11 is 0. The van der Waals surface area contributed by atoms with Crippen molar-refractivity contribution in [3.63, 3.8) is 0 Å². The molecular weight excluding hydrogens is 356 g/mol. The van der Waals surface area contributed by atoms with Crippen molar-refractivity contribution in [2.45, 2.75) is 6.42 Å². The number of allylic oxidation sites excluding steroid dienone is 1. The Morgan fingerprint density at radius 2 is 1.68 bits per heavy atom. The lowest BCUT2D eigenvalue weighted by Crippen LogP contribution is -2.24. The Hall–Kier alpha value is -3.60. The Kier molecular flexibility index (Phi) is 5.75. The summed E-state index contributed by atoms with van der Waals surface area (Å²) in [7, 11) is 3.08. The molecule has 0 aliphatic rings. The van der Waals surface area contributed by atoms with Gasteiger partial charge in [-0.1, -0.05) is 24.3 Å². The summed E-state index contributed by atoms with van der Waals surface area (Å²) in [6.07, 6.45) is 2.88. The van der Waals surface area contributed by atoms with E-state index in [1.54, 1.807) is 25.3 Å². The van der Waals surface area contributed by atoms with Gasteiger partial charge >= 0.3 is 0 Å². The van der Waals surface area contributed by atoms with Crippen molar-refractivity contribution >= 4 is 28.6 Å². The second-order valence-corrected chi connectivity index (χ2v) is 6.25. The van der Waals surface area contributed by atoms with E-state index < -0.39 is 5.97 Å². The van der Waals surface area contributed by atoms with E-state index in [-0.39, 0.29) is 12.2 Å². The fourth-order valence-electron chi connectivity index (χ4n) is 2.97. The molecular formula is C23H19O5-. The van der Waals surface area contributed by atoms with E-state index in [9.17, 15) is 14.7 Å². The average molecular weight is 375 g/mol. The normalized spacial score (nSPS) is 10.9. The van der Waals surface area contributed by atoms with Crippen LogP contribution in [0.3, 0.4) is 0 Å². The summed E-state index contributed by atoms with van der Waals surface area (Å²) in [6, 6.07) is 16.4. The molecule has 0 aliphatic heterocycles. The smallest absolute Gasteiger partial charge is 0.185 e. The number of fused-ring (bicyclic) bond motifs is 1. The molecule has 0 spiro atoms. The molecule has 142 valence electrons. The number of rotatable bonds is 7. The van der Waals surface area contributed by atoms with E-state index in [0.717, 1.165) is 22.1 Å². The fourth-order valence-corrected chi connectivity index (χ4v) is 2.97. The summed E-state index contributed by atoms with van der Waals surface area (Å²) in [5.74, 6) is -0.254. The van der Waals surface area contributed by atoms with Crippen LogP contribution in [-0.4, -0.2) is 26.0 Å². The third-order valence-corrected chi connectivity index (χ3v) is 4.40. The van der Waals surface area contributed by atoms with Crippen LogP contribution in [0.2, 0.25) is 0 Å². The Labute approximate surface area is 162 Å². The van der Waals surface area contributed by atoms with E-state index in [1.165, 1.54) is 19.3 Å². The zero-order chi connectivity index (χ0) is 20.1. The zero-order valence-corrected chi connectivity index (χ0v) is 15.6. The monoisotopic (exact) mass is 375 g/mol. The van der Waals surface area contributed by atoms with E-state index in [0.29, 0.717) is 16.9 Å². The predicted octanol–water partition coefficient (Wildman–Crippen LogP) is 3.05. The van der Waals surface area contributed by atoms with Crippen molar-refractivity contribution in [3.05, 3.63) is 77.4 Å². The number of carbonyl (C=O) groups excluding carboxylic acids is 2. The van der Waals surface area contributed by atoms with Gasteiger partial charge in [-0.2, -0.15) is 0 Å². The molecule has 0 bridgehead atoms. The fraction of sp³-hybridized carbons (Fsp3) is 0.130. The first-order valence-electron chi connectivity index (χ1n) is 8.67. The van der Waals surface area contributed by atoms with Crippen molar-refractivity contribution in [1.29, 1.82) is 0 Å². The number of hydrogen-bond donors (Lipinski definition) is 0. The van der Waals surface area contributed by atoms with Crippen molar-refractivity contribution in [2.24, 2.45) is 0 Å². The van der Waals surface area contributed by atoms with E-state index in [2.05, 4.69) is 0 Å². The highest BCUT2D eigenvalue weighted by molar-refractivity contribution is 6.07. The van der Waals surface area contributed by atoms with Crippen LogP contribution in [0.5, 0.6) is 11.5 Å². The van der Waals surface area contributed by atoms with E-state index in [4.69, 9.17) is 9.47 Å². The molecule has 5 heteroatoms. The lowest BCUT2D eigenvalue weighted by atomic mass is 10.0. The molecule has 5 nitrogen and oxygen atoms in total. The second-order valence-electron chi connectivity index (χ2n) is 6.25. The minimum absolute atomic E-state index is 0.225. The molecule has 0 saturated heterocycles. The van der Waals surface area contributed by atoms with Crippen LogP contribution in [-0.2, 0) is 11.2 Å². The van der Waals surface area contributed by atoms with Gasteiger partial charge < -0.3 is 19.4 Å². The van der Waals surface area contributed by atoms with Gasteiger partial charge in [-0.15, -0.1) is 0 Å². The molecule has 0 unspecified atom stereocenters. The quantitative estimate of drug-likeness (QED) is 0.469. The van der Waals surface area contributed by atoms with Crippen LogP contribution in [0, 0.1) is 0 Å². The standard InChI is InChI=1S/C23H20O5/c1-27-20-8-6-16-11-15(3-5-17(16)13-20)4-9-21(24)18-7-10-22(28-2)19(12-18)14-23(25)26/h3-13H,14H2,1-2H3,(H,25,26)/p-1/b9-4+. The Balaban J connectivity index is 1.83. The maximum absolute atomic E-state index is 12.5. The first kappa shape index (κ1) is 19.2. The van der Waals surface area contributed by atoms with E-state index >= 15 is 0 Å². The van der Waals surface area contributed by atoms with Crippen molar-refractivity contribution in [1.82, 2.24) is 0 Å². The Morgan fingerprint density at radius 3 is 2.39 bits per heavy atom. The first-order chi connectivity index (χ1) is 13.5. The summed E-state index contributed by atoms with van der Waals surface area (Å²) in [5.41, 5.74) is 1.68. The van der Waals surface area contributed by atoms with Crippen LogP contribution in [0.1, 0.15) is 21.5 Å². The predicted molar refractivity (Wildman–Crippen MR) is 106 cm³/mol. The third-order valence-electron chi connectivity index (χ3n) is 4.40. The van der Waals surface area contributed by atoms with E-state index in [1.807, 2.05) is 36.4 Å². The minimum Gasteiger partial charge on any atom is -0.550 e. The molecule has 3 aromatic carbocycles. The third kappa shape index (κ3) is 4.38. The van der Waals surface area contributed by atoms with Gasteiger partial charge in [0.2, 0.25) is 0 Å². The number of carboxylic acids is 1.